The van der Waals surface area contributed by atoms with Crippen molar-refractivity contribution in [2.24, 2.45) is 0 Å². The molecule has 1 aliphatic rings. The molecule has 0 saturated carbocycles. The Labute approximate surface area is 116 Å². The second-order valence-corrected chi connectivity index (χ2v) is 4.79. The van der Waals surface area contributed by atoms with Gasteiger partial charge in [-0.05, 0) is 0 Å². The molecule has 1 fully saturated rings. The third kappa shape index (κ3) is 1.87. The number of rotatable bonds is 2. The molecule has 3 rings (SSSR count). The first-order chi connectivity index (χ1) is 9.54. The molecule has 6 nitrogen and oxygen atoms in total. The Hall–Kier alpha value is -1.35. The molecular weight excluding hydrogens is 296 g/mol. The molecule has 0 unspecified atom stereocenters. The van der Waals surface area contributed by atoms with E-state index in [9.17, 15) is 13.9 Å². The number of hydrogen-bond acceptors (Lipinski definition) is 5. The molecule has 20 heavy (non-hydrogen) atoms. The van der Waals surface area contributed by atoms with Gasteiger partial charge in [0.25, 0.3) is 0 Å². The molecule has 2 aromatic rings. The summed E-state index contributed by atoms with van der Waals surface area (Å²) in [7, 11) is 0. The minimum Gasteiger partial charge on any atom is -0.394 e. The third-order valence-electron chi connectivity index (χ3n) is 3.26. The molecule has 0 aliphatic carbocycles. The van der Waals surface area contributed by atoms with Gasteiger partial charge < -0.3 is 14.9 Å². The highest BCUT2D eigenvalue weighted by molar-refractivity contribution is 6.33. The largest absolute Gasteiger partial charge is 0.394 e. The van der Waals surface area contributed by atoms with Crippen LogP contribution in [0.2, 0.25) is 5.15 Å². The first-order valence-corrected chi connectivity index (χ1v) is 6.17. The van der Waals surface area contributed by atoms with Crippen LogP contribution in [0.1, 0.15) is 6.23 Å². The predicted molar refractivity (Wildman–Crippen MR) is 64.4 cm³/mol. The summed E-state index contributed by atoms with van der Waals surface area (Å²) in [5.41, 5.74) is 0.0564. The highest BCUT2D eigenvalue weighted by atomic mass is 35.5. The standard InChI is InChI=1S/C11H10ClF2N3O3/c12-9-6-4(13)1-17(10(6)16-3-15-9)11-7(14)8(19)5(2-18)20-11/h1,3,5,7-8,11,18-19H,2H2/t5-,7+,8-,11-/m1/s1. The average molecular weight is 306 g/mol. The predicted octanol–water partition coefficient (Wildman–Crippen LogP) is 0.812. The fourth-order valence-corrected chi connectivity index (χ4v) is 2.50. The minimum atomic E-state index is -1.82. The Bertz CT molecular complexity index is 653. The van der Waals surface area contributed by atoms with Gasteiger partial charge in [0.2, 0.25) is 0 Å². The number of halogens is 3. The van der Waals surface area contributed by atoms with Crippen LogP contribution in [0, 0.1) is 5.82 Å². The number of aromatic nitrogens is 3. The van der Waals surface area contributed by atoms with Crippen LogP contribution in [0.5, 0.6) is 0 Å². The van der Waals surface area contributed by atoms with Gasteiger partial charge in [-0.3, -0.25) is 4.57 Å². The molecule has 9 heteroatoms. The minimum absolute atomic E-state index is 0.0492. The fourth-order valence-electron chi connectivity index (χ4n) is 2.28. The Balaban J connectivity index is 2.10. The molecular formula is C11H10ClF2N3O3. The van der Waals surface area contributed by atoms with Gasteiger partial charge in [-0.15, -0.1) is 0 Å². The molecule has 0 bridgehead atoms. The molecule has 4 atom stereocenters. The SMILES string of the molecule is OC[C@H]1O[C@@H](n2cc(F)c3c(Cl)ncnc32)[C@@H](F)[C@@H]1O. The van der Waals surface area contributed by atoms with Gasteiger partial charge in [0, 0.05) is 6.20 Å². The van der Waals surface area contributed by atoms with Gasteiger partial charge >= 0.3 is 0 Å². The Morgan fingerprint density at radius 1 is 1.45 bits per heavy atom. The molecule has 0 amide bonds. The van der Waals surface area contributed by atoms with Crippen molar-refractivity contribution < 1.29 is 23.7 Å². The summed E-state index contributed by atoms with van der Waals surface area (Å²) in [6.45, 7) is -0.546. The molecule has 108 valence electrons. The van der Waals surface area contributed by atoms with Gasteiger partial charge in [-0.25, -0.2) is 18.7 Å². The summed E-state index contributed by atoms with van der Waals surface area (Å²) in [4.78, 5) is 7.50. The summed E-state index contributed by atoms with van der Waals surface area (Å²) in [6.07, 6.45) is -3.59. The van der Waals surface area contributed by atoms with Crippen LogP contribution in [-0.2, 0) is 4.74 Å². The van der Waals surface area contributed by atoms with Crippen LogP contribution in [-0.4, -0.2) is 49.7 Å². The van der Waals surface area contributed by atoms with Crippen LogP contribution in [0.3, 0.4) is 0 Å². The lowest BCUT2D eigenvalue weighted by atomic mass is 10.1. The molecule has 0 spiro atoms. The fraction of sp³-hybridized carbons (Fsp3) is 0.455. The third-order valence-corrected chi connectivity index (χ3v) is 3.55. The number of fused-ring (bicyclic) bond motifs is 1. The highest BCUT2D eigenvalue weighted by Crippen LogP contribution is 2.35. The number of alkyl halides is 1. The van der Waals surface area contributed by atoms with E-state index >= 15 is 0 Å². The second kappa shape index (κ2) is 4.88. The normalized spacial score (nSPS) is 30.2. The van der Waals surface area contributed by atoms with E-state index in [1.165, 1.54) is 0 Å². The topological polar surface area (TPSA) is 80.4 Å². The summed E-state index contributed by atoms with van der Waals surface area (Å²) in [6, 6.07) is 0. The zero-order chi connectivity index (χ0) is 14.4. The van der Waals surface area contributed by atoms with Gasteiger partial charge in [0.05, 0.1) is 12.0 Å². The van der Waals surface area contributed by atoms with Gasteiger partial charge in [-0.1, -0.05) is 11.6 Å². The molecule has 3 heterocycles. The number of nitrogens with zero attached hydrogens (tertiary/aromatic N) is 3. The number of ether oxygens (including phenoxy) is 1. The second-order valence-electron chi connectivity index (χ2n) is 4.43. The first kappa shape index (κ1) is 13.6. The van der Waals surface area contributed by atoms with E-state index < -0.39 is 37.0 Å². The average Bonchev–Trinajstić information content (AvgIpc) is 2.90. The van der Waals surface area contributed by atoms with Crippen molar-refractivity contribution in [1.82, 2.24) is 14.5 Å². The van der Waals surface area contributed by atoms with Crippen LogP contribution in [0.4, 0.5) is 8.78 Å². The van der Waals surface area contributed by atoms with Gasteiger partial charge in [0.15, 0.2) is 18.2 Å². The number of aliphatic hydroxyl groups excluding tert-OH is 2. The van der Waals surface area contributed by atoms with Crippen molar-refractivity contribution >= 4 is 22.6 Å². The molecule has 0 radical (unpaired) electrons. The summed E-state index contributed by atoms with van der Waals surface area (Å²) >= 11 is 5.77. The van der Waals surface area contributed by atoms with Crippen molar-refractivity contribution in [3.63, 3.8) is 0 Å². The van der Waals surface area contributed by atoms with Crippen LogP contribution in [0.15, 0.2) is 12.5 Å². The van der Waals surface area contributed by atoms with E-state index in [1.54, 1.807) is 0 Å². The van der Waals surface area contributed by atoms with E-state index in [0.717, 1.165) is 17.1 Å². The van der Waals surface area contributed by atoms with Crippen molar-refractivity contribution in [2.75, 3.05) is 6.61 Å². The zero-order valence-corrected chi connectivity index (χ0v) is 10.7. The molecule has 1 saturated heterocycles. The van der Waals surface area contributed by atoms with Crippen molar-refractivity contribution in [3.05, 3.63) is 23.5 Å². The monoisotopic (exact) mass is 305 g/mol. The Morgan fingerprint density at radius 3 is 2.85 bits per heavy atom. The molecule has 0 aromatic carbocycles. The smallest absolute Gasteiger partial charge is 0.173 e. The van der Waals surface area contributed by atoms with Crippen LogP contribution >= 0.6 is 11.6 Å². The maximum atomic E-state index is 14.0. The van der Waals surface area contributed by atoms with Crippen molar-refractivity contribution in [2.45, 2.75) is 24.6 Å². The van der Waals surface area contributed by atoms with Crippen molar-refractivity contribution in [3.8, 4) is 0 Å². The lowest BCUT2D eigenvalue weighted by Crippen LogP contribution is -2.30. The van der Waals surface area contributed by atoms with E-state index in [0.29, 0.717) is 0 Å². The number of aliphatic hydroxyl groups is 2. The lowest BCUT2D eigenvalue weighted by molar-refractivity contribution is -0.0459. The Kier molecular flexibility index (Phi) is 3.33. The summed E-state index contributed by atoms with van der Waals surface area (Å²) < 4.78 is 34.2. The Morgan fingerprint density at radius 2 is 2.20 bits per heavy atom. The molecule has 1 aliphatic heterocycles. The van der Waals surface area contributed by atoms with E-state index in [1.807, 2.05) is 0 Å². The van der Waals surface area contributed by atoms with Crippen molar-refractivity contribution in [1.29, 1.82) is 0 Å². The van der Waals surface area contributed by atoms with E-state index in [-0.39, 0.29) is 16.2 Å². The van der Waals surface area contributed by atoms with E-state index in [4.69, 9.17) is 21.4 Å². The quantitative estimate of drug-likeness (QED) is 0.803. The van der Waals surface area contributed by atoms with Crippen LogP contribution in [0.25, 0.3) is 11.0 Å². The maximum Gasteiger partial charge on any atom is 0.173 e. The number of hydrogen-bond donors (Lipinski definition) is 2. The van der Waals surface area contributed by atoms with Gasteiger partial charge in [0.1, 0.15) is 29.3 Å². The summed E-state index contributed by atoms with van der Waals surface area (Å²) in [5.74, 6) is -0.719. The van der Waals surface area contributed by atoms with Crippen LogP contribution < -0.4 is 0 Å². The highest BCUT2D eigenvalue weighted by Gasteiger charge is 2.45. The molecule has 2 aromatic heterocycles. The van der Waals surface area contributed by atoms with E-state index in [2.05, 4.69) is 9.97 Å². The summed E-state index contributed by atoms with van der Waals surface area (Å²) in [5, 5.41) is 18.4. The van der Waals surface area contributed by atoms with Gasteiger partial charge in [-0.2, -0.15) is 0 Å². The first-order valence-electron chi connectivity index (χ1n) is 5.79. The zero-order valence-electron chi connectivity index (χ0n) is 9.95. The lowest BCUT2D eigenvalue weighted by Gasteiger charge is -2.15. The molecule has 2 N–H and O–H groups in total. The maximum absolute atomic E-state index is 14.0.